The van der Waals surface area contributed by atoms with Gasteiger partial charge in [0.25, 0.3) is 0 Å². The zero-order valence-electron chi connectivity index (χ0n) is 21.6. The van der Waals surface area contributed by atoms with Gasteiger partial charge in [-0.2, -0.15) is 0 Å². The lowest BCUT2D eigenvalue weighted by molar-refractivity contribution is 0.398. The lowest BCUT2D eigenvalue weighted by Crippen LogP contribution is -2.25. The number of fused-ring (bicyclic) bond motifs is 3. The van der Waals surface area contributed by atoms with Crippen LogP contribution in [0, 0.1) is 0 Å². The minimum atomic E-state index is 0.189. The third-order valence-electron chi connectivity index (χ3n) is 7.99. The molecule has 0 bridgehead atoms. The molecule has 182 valence electrons. The maximum Gasteiger partial charge on any atom is 0.0342 e. The smallest absolute Gasteiger partial charge is 0.0342 e. The monoisotopic (exact) mass is 472 g/mol. The molecule has 1 aliphatic rings. The van der Waals surface area contributed by atoms with Crippen molar-refractivity contribution < 1.29 is 0 Å². The van der Waals surface area contributed by atoms with Crippen LogP contribution in [0.5, 0.6) is 0 Å². The summed E-state index contributed by atoms with van der Waals surface area (Å²) in [6.07, 6.45) is 19.0. The summed E-state index contributed by atoms with van der Waals surface area (Å²) in [6, 6.07) is 21.1. The highest BCUT2D eigenvalue weighted by Crippen LogP contribution is 2.55. The van der Waals surface area contributed by atoms with E-state index in [1.807, 2.05) is 11.3 Å². The molecule has 0 N–H and O–H groups in total. The first-order chi connectivity index (χ1) is 16.8. The van der Waals surface area contributed by atoms with Crippen LogP contribution in [-0.4, -0.2) is 0 Å². The van der Waals surface area contributed by atoms with Crippen LogP contribution in [0.15, 0.2) is 60.0 Å². The molecular weight excluding hydrogens is 428 g/mol. The number of hydrogen-bond acceptors (Lipinski definition) is 1. The van der Waals surface area contributed by atoms with Gasteiger partial charge in [-0.25, -0.2) is 0 Å². The summed E-state index contributed by atoms with van der Waals surface area (Å²) in [5, 5.41) is 2.21. The second-order valence-electron chi connectivity index (χ2n) is 10.4. The number of unbranched alkanes of at least 4 members (excludes halogenated alkanes) is 10. The van der Waals surface area contributed by atoms with Gasteiger partial charge in [-0.15, -0.1) is 11.3 Å². The molecule has 3 aromatic rings. The molecular formula is C33H44S. The van der Waals surface area contributed by atoms with Gasteiger partial charge in [0.15, 0.2) is 0 Å². The third kappa shape index (κ3) is 5.68. The summed E-state index contributed by atoms with van der Waals surface area (Å²) >= 11 is 1.86. The van der Waals surface area contributed by atoms with Crippen molar-refractivity contribution in [2.75, 3.05) is 0 Å². The molecule has 1 heteroatoms. The van der Waals surface area contributed by atoms with E-state index in [4.69, 9.17) is 0 Å². The van der Waals surface area contributed by atoms with Crippen LogP contribution in [0.2, 0.25) is 0 Å². The summed E-state index contributed by atoms with van der Waals surface area (Å²) < 4.78 is 0. The molecule has 0 nitrogen and oxygen atoms in total. The fourth-order valence-electron chi connectivity index (χ4n) is 6.13. The van der Waals surface area contributed by atoms with Gasteiger partial charge < -0.3 is 0 Å². The van der Waals surface area contributed by atoms with Gasteiger partial charge >= 0.3 is 0 Å². The van der Waals surface area contributed by atoms with E-state index in [2.05, 4.69) is 73.8 Å². The van der Waals surface area contributed by atoms with E-state index >= 15 is 0 Å². The quantitative estimate of drug-likeness (QED) is 0.193. The van der Waals surface area contributed by atoms with Gasteiger partial charge in [0.2, 0.25) is 0 Å². The number of rotatable bonds is 15. The molecule has 0 amide bonds. The number of hydrogen-bond donors (Lipinski definition) is 0. The summed E-state index contributed by atoms with van der Waals surface area (Å²) in [5.74, 6) is 0. The second-order valence-corrected chi connectivity index (χ2v) is 11.3. The largest absolute Gasteiger partial charge is 0.144 e. The van der Waals surface area contributed by atoms with Crippen LogP contribution in [0.3, 0.4) is 0 Å². The zero-order chi connectivity index (χ0) is 23.6. The topological polar surface area (TPSA) is 0 Å². The van der Waals surface area contributed by atoms with Gasteiger partial charge in [-0.3, -0.25) is 0 Å². The fourth-order valence-corrected chi connectivity index (χ4v) is 6.85. The number of benzene rings is 2. The molecule has 0 atom stereocenters. The van der Waals surface area contributed by atoms with Crippen LogP contribution in [-0.2, 0) is 5.41 Å². The van der Waals surface area contributed by atoms with E-state index in [0.29, 0.717) is 0 Å². The Balaban J connectivity index is 1.63. The molecule has 2 aromatic carbocycles. The van der Waals surface area contributed by atoms with E-state index < -0.39 is 0 Å². The van der Waals surface area contributed by atoms with Gasteiger partial charge in [0.05, 0.1) is 0 Å². The van der Waals surface area contributed by atoms with Crippen molar-refractivity contribution in [1.29, 1.82) is 0 Å². The highest BCUT2D eigenvalue weighted by molar-refractivity contribution is 7.13. The minimum Gasteiger partial charge on any atom is -0.144 e. The molecule has 0 radical (unpaired) electrons. The Labute approximate surface area is 212 Å². The van der Waals surface area contributed by atoms with Crippen molar-refractivity contribution in [3.8, 4) is 21.6 Å². The predicted octanol–water partition coefficient (Wildman–Crippen LogP) is 11.2. The maximum atomic E-state index is 2.56. The Morgan fingerprint density at radius 1 is 0.588 bits per heavy atom. The Bertz CT molecular complexity index is 981. The molecule has 1 aromatic heterocycles. The predicted molar refractivity (Wildman–Crippen MR) is 152 cm³/mol. The summed E-state index contributed by atoms with van der Waals surface area (Å²) in [6.45, 7) is 4.63. The molecule has 1 aliphatic carbocycles. The Morgan fingerprint density at radius 2 is 1.21 bits per heavy atom. The first-order valence-electron chi connectivity index (χ1n) is 14.1. The van der Waals surface area contributed by atoms with Crippen LogP contribution < -0.4 is 0 Å². The first-order valence-corrected chi connectivity index (χ1v) is 15.0. The number of thiophene rings is 1. The van der Waals surface area contributed by atoms with E-state index in [1.54, 1.807) is 11.1 Å². The lowest BCUT2D eigenvalue weighted by Gasteiger charge is -2.33. The van der Waals surface area contributed by atoms with Crippen molar-refractivity contribution in [1.82, 2.24) is 0 Å². The van der Waals surface area contributed by atoms with Crippen molar-refractivity contribution >= 4 is 11.3 Å². The van der Waals surface area contributed by atoms with Gasteiger partial charge in [-0.1, -0.05) is 133 Å². The average molecular weight is 473 g/mol. The van der Waals surface area contributed by atoms with Crippen LogP contribution in [0.1, 0.15) is 115 Å². The first kappa shape index (κ1) is 25.2. The van der Waals surface area contributed by atoms with Crippen LogP contribution >= 0.6 is 11.3 Å². The maximum absolute atomic E-state index is 2.56. The summed E-state index contributed by atoms with van der Waals surface area (Å²) in [7, 11) is 0. The van der Waals surface area contributed by atoms with E-state index in [-0.39, 0.29) is 5.41 Å². The Morgan fingerprint density at radius 3 is 1.85 bits per heavy atom. The summed E-state index contributed by atoms with van der Waals surface area (Å²) in [5.41, 5.74) is 7.79. The second kappa shape index (κ2) is 12.7. The highest BCUT2D eigenvalue weighted by atomic mass is 32.1. The molecule has 0 spiro atoms. The van der Waals surface area contributed by atoms with Crippen molar-refractivity contribution in [3.63, 3.8) is 0 Å². The van der Waals surface area contributed by atoms with Crippen molar-refractivity contribution in [2.45, 2.75) is 109 Å². The molecule has 0 saturated carbocycles. The van der Waals surface area contributed by atoms with Gasteiger partial charge in [-0.05, 0) is 58.2 Å². The van der Waals surface area contributed by atoms with Crippen molar-refractivity contribution in [3.05, 3.63) is 71.1 Å². The van der Waals surface area contributed by atoms with Gasteiger partial charge in [0.1, 0.15) is 0 Å². The molecule has 1 heterocycles. The standard InChI is InChI=1S/C33H44S/c1-3-5-7-9-11-15-23-33(24-16-12-10-8-6-4-2)30-19-14-13-18-28(30)29-22-21-27(26-31(29)33)32-20-17-25-34-32/h13-14,17-22,25-26H,3-12,15-16,23-24H2,1-2H3. The Kier molecular flexibility index (Phi) is 9.45. The zero-order valence-corrected chi connectivity index (χ0v) is 22.4. The van der Waals surface area contributed by atoms with E-state index in [0.717, 1.165) is 0 Å². The normalized spacial score (nSPS) is 13.7. The Hall–Kier alpha value is -1.86. The van der Waals surface area contributed by atoms with E-state index in [9.17, 15) is 0 Å². The fraction of sp³-hybridized carbons (Fsp3) is 0.515. The average Bonchev–Trinajstić information content (AvgIpc) is 3.50. The van der Waals surface area contributed by atoms with Crippen LogP contribution in [0.25, 0.3) is 21.6 Å². The molecule has 0 saturated heterocycles. The van der Waals surface area contributed by atoms with Crippen molar-refractivity contribution in [2.24, 2.45) is 0 Å². The SMILES string of the molecule is CCCCCCCCC1(CCCCCCCC)c2ccccc2-c2ccc(-c3cccs3)cc21. The highest BCUT2D eigenvalue weighted by Gasteiger charge is 2.42. The summed E-state index contributed by atoms with van der Waals surface area (Å²) in [4.78, 5) is 1.40. The molecule has 0 fully saturated rings. The molecule has 0 unspecified atom stereocenters. The minimum absolute atomic E-state index is 0.189. The lowest BCUT2D eigenvalue weighted by atomic mass is 9.70. The van der Waals surface area contributed by atoms with Crippen LogP contribution in [0.4, 0.5) is 0 Å². The molecule has 0 aliphatic heterocycles. The molecule has 4 rings (SSSR count). The third-order valence-corrected chi connectivity index (χ3v) is 8.91. The van der Waals surface area contributed by atoms with Gasteiger partial charge in [0, 0.05) is 10.3 Å². The molecule has 34 heavy (non-hydrogen) atoms. The van der Waals surface area contributed by atoms with E-state index in [1.165, 1.54) is 111 Å².